The molecule has 0 saturated heterocycles. The molecule has 1 aliphatic carbocycles. The Bertz CT molecular complexity index is 495. The summed E-state index contributed by atoms with van der Waals surface area (Å²) in [4.78, 5) is 24.1. The van der Waals surface area contributed by atoms with Gasteiger partial charge in [-0.05, 0) is 18.4 Å². The van der Waals surface area contributed by atoms with Crippen LogP contribution >= 0.6 is 0 Å². The summed E-state index contributed by atoms with van der Waals surface area (Å²) in [6.45, 7) is 0.409. The highest BCUT2D eigenvalue weighted by Crippen LogP contribution is 2.33. The van der Waals surface area contributed by atoms with Gasteiger partial charge in [-0.25, -0.2) is 0 Å². The van der Waals surface area contributed by atoms with Crippen molar-refractivity contribution in [3.8, 4) is 0 Å². The molecule has 4 heteroatoms. The third kappa shape index (κ3) is 2.67. The van der Waals surface area contributed by atoms with Crippen molar-refractivity contribution < 1.29 is 14.3 Å². The number of allylic oxidation sites excluding steroid dienone is 1. The Balaban J connectivity index is 2.05. The highest BCUT2D eigenvalue weighted by Gasteiger charge is 2.46. The lowest BCUT2D eigenvalue weighted by atomic mass is 9.86. The SMILES string of the molecule is COC(=O)C1(C(=O)NCc2ccccc2)C=CCC1. The summed E-state index contributed by atoms with van der Waals surface area (Å²) in [6, 6.07) is 9.59. The second-order valence-electron chi connectivity index (χ2n) is 4.57. The number of benzene rings is 1. The Labute approximate surface area is 112 Å². The smallest absolute Gasteiger partial charge is 0.325 e. The van der Waals surface area contributed by atoms with E-state index in [2.05, 4.69) is 5.32 Å². The number of nitrogens with one attached hydrogen (secondary N) is 1. The first-order chi connectivity index (χ1) is 9.19. The van der Waals surface area contributed by atoms with Crippen LogP contribution in [0, 0.1) is 5.41 Å². The highest BCUT2D eigenvalue weighted by molar-refractivity contribution is 6.05. The van der Waals surface area contributed by atoms with Gasteiger partial charge in [0.15, 0.2) is 5.41 Å². The molecular formula is C15H17NO3. The van der Waals surface area contributed by atoms with Crippen LogP contribution in [-0.4, -0.2) is 19.0 Å². The molecule has 1 amide bonds. The zero-order chi connectivity index (χ0) is 13.7. The fraction of sp³-hybridized carbons (Fsp3) is 0.333. The zero-order valence-corrected chi connectivity index (χ0v) is 10.9. The average Bonchev–Trinajstić information content (AvgIpc) is 2.96. The molecule has 1 N–H and O–H groups in total. The lowest BCUT2D eigenvalue weighted by Gasteiger charge is -2.23. The largest absolute Gasteiger partial charge is 0.468 e. The van der Waals surface area contributed by atoms with Crippen LogP contribution in [-0.2, 0) is 20.9 Å². The van der Waals surface area contributed by atoms with Crippen LogP contribution in [0.1, 0.15) is 18.4 Å². The van der Waals surface area contributed by atoms with Crippen molar-refractivity contribution in [3.63, 3.8) is 0 Å². The number of amides is 1. The number of ether oxygens (including phenoxy) is 1. The van der Waals surface area contributed by atoms with E-state index >= 15 is 0 Å². The third-order valence-electron chi connectivity index (χ3n) is 3.36. The minimum Gasteiger partial charge on any atom is -0.468 e. The molecule has 0 spiro atoms. The predicted molar refractivity (Wildman–Crippen MR) is 71.1 cm³/mol. The maximum Gasteiger partial charge on any atom is 0.325 e. The molecule has 1 aliphatic rings. The van der Waals surface area contributed by atoms with Crippen LogP contribution in [0.15, 0.2) is 42.5 Å². The Morgan fingerprint density at radius 3 is 2.63 bits per heavy atom. The molecular weight excluding hydrogens is 242 g/mol. The molecule has 1 aromatic rings. The fourth-order valence-electron chi connectivity index (χ4n) is 2.25. The van der Waals surface area contributed by atoms with Crippen LogP contribution in [0.25, 0.3) is 0 Å². The molecule has 4 nitrogen and oxygen atoms in total. The number of hydrogen-bond acceptors (Lipinski definition) is 3. The number of hydrogen-bond donors (Lipinski definition) is 1. The second kappa shape index (κ2) is 5.69. The Morgan fingerprint density at radius 1 is 1.32 bits per heavy atom. The van der Waals surface area contributed by atoms with E-state index in [-0.39, 0.29) is 5.91 Å². The van der Waals surface area contributed by atoms with Crippen LogP contribution in [0.2, 0.25) is 0 Å². The van der Waals surface area contributed by atoms with Gasteiger partial charge in [-0.1, -0.05) is 42.5 Å². The van der Waals surface area contributed by atoms with E-state index in [1.165, 1.54) is 7.11 Å². The van der Waals surface area contributed by atoms with E-state index < -0.39 is 11.4 Å². The van der Waals surface area contributed by atoms with Crippen molar-refractivity contribution in [2.45, 2.75) is 19.4 Å². The molecule has 0 aromatic heterocycles. The number of methoxy groups -OCH3 is 1. The minimum absolute atomic E-state index is 0.294. The van der Waals surface area contributed by atoms with Crippen LogP contribution < -0.4 is 5.32 Å². The van der Waals surface area contributed by atoms with Crippen LogP contribution in [0.5, 0.6) is 0 Å². The topological polar surface area (TPSA) is 55.4 Å². The Hall–Kier alpha value is -2.10. The van der Waals surface area contributed by atoms with Gasteiger partial charge in [0.2, 0.25) is 5.91 Å². The first kappa shape index (κ1) is 13.3. The van der Waals surface area contributed by atoms with E-state index in [1.807, 2.05) is 36.4 Å². The summed E-state index contributed by atoms with van der Waals surface area (Å²) in [5, 5.41) is 2.81. The van der Waals surface area contributed by atoms with Gasteiger partial charge < -0.3 is 10.1 Å². The van der Waals surface area contributed by atoms with Gasteiger partial charge in [-0.2, -0.15) is 0 Å². The van der Waals surface area contributed by atoms with Crippen molar-refractivity contribution in [2.75, 3.05) is 7.11 Å². The maximum absolute atomic E-state index is 12.3. The summed E-state index contributed by atoms with van der Waals surface area (Å²) < 4.78 is 4.76. The molecule has 100 valence electrons. The summed E-state index contributed by atoms with van der Waals surface area (Å²) in [6.07, 6.45) is 4.69. The normalized spacial score (nSPS) is 21.1. The second-order valence-corrected chi connectivity index (χ2v) is 4.57. The highest BCUT2D eigenvalue weighted by atomic mass is 16.5. The van der Waals surface area contributed by atoms with E-state index in [0.29, 0.717) is 19.4 Å². The third-order valence-corrected chi connectivity index (χ3v) is 3.36. The number of esters is 1. The molecule has 19 heavy (non-hydrogen) atoms. The number of carbonyl (C=O) groups excluding carboxylic acids is 2. The van der Waals surface area contributed by atoms with E-state index in [9.17, 15) is 9.59 Å². The first-order valence-corrected chi connectivity index (χ1v) is 6.27. The first-order valence-electron chi connectivity index (χ1n) is 6.27. The van der Waals surface area contributed by atoms with Crippen molar-refractivity contribution >= 4 is 11.9 Å². The van der Waals surface area contributed by atoms with Gasteiger partial charge in [0, 0.05) is 6.54 Å². The average molecular weight is 259 g/mol. The zero-order valence-electron chi connectivity index (χ0n) is 10.9. The molecule has 0 bridgehead atoms. The maximum atomic E-state index is 12.3. The molecule has 1 atom stereocenters. The van der Waals surface area contributed by atoms with Gasteiger partial charge in [0.1, 0.15) is 0 Å². The Kier molecular flexibility index (Phi) is 4.00. The van der Waals surface area contributed by atoms with Crippen molar-refractivity contribution in [2.24, 2.45) is 5.41 Å². The van der Waals surface area contributed by atoms with Crippen molar-refractivity contribution in [3.05, 3.63) is 48.0 Å². The molecule has 0 fully saturated rings. The summed E-state index contributed by atoms with van der Waals surface area (Å²) in [5.74, 6) is -0.788. The van der Waals surface area contributed by atoms with Crippen LogP contribution in [0.4, 0.5) is 0 Å². The predicted octanol–water partition coefficient (Wildman–Crippen LogP) is 1.81. The van der Waals surface area contributed by atoms with Gasteiger partial charge in [-0.3, -0.25) is 9.59 Å². The molecule has 1 aromatic carbocycles. The van der Waals surface area contributed by atoms with Gasteiger partial charge in [0.25, 0.3) is 0 Å². The number of carbonyl (C=O) groups is 2. The number of rotatable bonds is 4. The van der Waals surface area contributed by atoms with Crippen LogP contribution in [0.3, 0.4) is 0 Å². The molecule has 1 unspecified atom stereocenters. The van der Waals surface area contributed by atoms with Crippen molar-refractivity contribution in [1.29, 1.82) is 0 Å². The minimum atomic E-state index is -1.15. The lowest BCUT2D eigenvalue weighted by Crippen LogP contribution is -2.44. The molecule has 0 heterocycles. The van der Waals surface area contributed by atoms with E-state index in [1.54, 1.807) is 6.08 Å². The molecule has 0 radical (unpaired) electrons. The lowest BCUT2D eigenvalue weighted by molar-refractivity contribution is -0.155. The van der Waals surface area contributed by atoms with E-state index in [0.717, 1.165) is 5.56 Å². The van der Waals surface area contributed by atoms with Gasteiger partial charge in [0.05, 0.1) is 7.11 Å². The van der Waals surface area contributed by atoms with Crippen molar-refractivity contribution in [1.82, 2.24) is 5.32 Å². The Morgan fingerprint density at radius 2 is 2.05 bits per heavy atom. The summed E-state index contributed by atoms with van der Waals surface area (Å²) >= 11 is 0. The fourth-order valence-corrected chi connectivity index (χ4v) is 2.25. The standard InChI is InChI=1S/C15H17NO3/c1-19-14(18)15(9-5-6-10-15)13(17)16-11-12-7-3-2-4-8-12/h2-5,7-9H,6,10-11H2,1H3,(H,16,17). The molecule has 2 rings (SSSR count). The van der Waals surface area contributed by atoms with Gasteiger partial charge in [-0.15, -0.1) is 0 Å². The van der Waals surface area contributed by atoms with E-state index in [4.69, 9.17) is 4.74 Å². The summed E-state index contributed by atoms with van der Waals surface area (Å²) in [7, 11) is 1.31. The molecule has 0 aliphatic heterocycles. The monoisotopic (exact) mass is 259 g/mol. The summed E-state index contributed by atoms with van der Waals surface area (Å²) in [5.41, 5.74) is -0.151. The van der Waals surface area contributed by atoms with Gasteiger partial charge >= 0.3 is 5.97 Å². The molecule has 0 saturated carbocycles. The quantitative estimate of drug-likeness (QED) is 0.509.